The lowest BCUT2D eigenvalue weighted by Gasteiger charge is -2.34. The Morgan fingerprint density at radius 2 is 1.68 bits per heavy atom. The predicted molar refractivity (Wildman–Crippen MR) is 142 cm³/mol. The number of hydrogen-bond donors (Lipinski definition) is 3. The fourth-order valence-corrected chi connectivity index (χ4v) is 7.25. The highest BCUT2D eigenvalue weighted by Gasteiger charge is 2.76. The van der Waals surface area contributed by atoms with Gasteiger partial charge in [0.15, 0.2) is 0 Å². The maximum atomic E-state index is 13.8. The number of aliphatic hydroxyl groups excluding tert-OH is 1. The van der Waals surface area contributed by atoms with Crippen molar-refractivity contribution in [3.63, 3.8) is 0 Å². The maximum absolute atomic E-state index is 13.8. The van der Waals surface area contributed by atoms with Crippen LogP contribution in [0.15, 0.2) is 72.8 Å². The summed E-state index contributed by atoms with van der Waals surface area (Å²) >= 11 is 3.65. The number of amides is 3. The van der Waals surface area contributed by atoms with Crippen molar-refractivity contribution in [3.8, 4) is 0 Å². The lowest BCUT2D eigenvalue weighted by Crippen LogP contribution is -2.54. The topological polar surface area (TPSA) is 108 Å². The average Bonchev–Trinajstić information content (AvgIpc) is 3.48. The van der Waals surface area contributed by atoms with Gasteiger partial charge in [0.2, 0.25) is 17.7 Å². The van der Waals surface area contributed by atoms with Crippen LogP contribution in [0.25, 0.3) is 10.8 Å². The van der Waals surface area contributed by atoms with Crippen LogP contribution in [-0.2, 0) is 19.1 Å². The minimum Gasteiger partial charge on any atom is -0.395 e. The van der Waals surface area contributed by atoms with Crippen molar-refractivity contribution < 1.29 is 24.2 Å². The number of nitrogens with zero attached hydrogens (tertiary/aromatic N) is 1. The fraction of sp³-hybridized carbons (Fsp3) is 0.321. The van der Waals surface area contributed by atoms with Crippen molar-refractivity contribution in [1.82, 2.24) is 4.90 Å². The van der Waals surface area contributed by atoms with E-state index in [0.29, 0.717) is 17.8 Å². The smallest absolute Gasteiger partial charge is 0.250 e. The molecule has 2 bridgehead atoms. The summed E-state index contributed by atoms with van der Waals surface area (Å²) in [4.78, 5) is 42.2. The van der Waals surface area contributed by atoms with Crippen molar-refractivity contribution in [1.29, 1.82) is 0 Å². The van der Waals surface area contributed by atoms with Gasteiger partial charge in [-0.05, 0) is 41.5 Å². The Morgan fingerprint density at radius 1 is 0.973 bits per heavy atom. The number of anilines is 2. The number of aliphatic hydroxyl groups is 1. The van der Waals surface area contributed by atoms with Crippen LogP contribution in [0.2, 0.25) is 0 Å². The molecule has 3 heterocycles. The summed E-state index contributed by atoms with van der Waals surface area (Å²) in [6, 6.07) is 21.5. The van der Waals surface area contributed by atoms with E-state index in [1.807, 2.05) is 60.7 Å². The lowest BCUT2D eigenvalue weighted by atomic mass is 9.70. The number of para-hydroxylation sites is 1. The van der Waals surface area contributed by atoms with Crippen LogP contribution in [0, 0.1) is 11.8 Å². The van der Waals surface area contributed by atoms with Crippen molar-refractivity contribution in [3.05, 3.63) is 72.8 Å². The van der Waals surface area contributed by atoms with E-state index in [4.69, 9.17) is 4.74 Å². The maximum Gasteiger partial charge on any atom is 0.250 e. The SMILES string of the molecule is O=C(Nc1ccc2ccccc2c1)C1N(CCO)C(=O)[C@@H]2[C@@H](C(=O)Nc3ccccc3)[C@@H]3OC12CC3Br. The van der Waals surface area contributed by atoms with E-state index < -0.39 is 35.5 Å². The van der Waals surface area contributed by atoms with Gasteiger partial charge in [-0.25, -0.2) is 0 Å². The monoisotopic (exact) mass is 563 g/mol. The van der Waals surface area contributed by atoms with Gasteiger partial charge in [0.1, 0.15) is 11.6 Å². The molecule has 3 saturated heterocycles. The highest BCUT2D eigenvalue weighted by atomic mass is 79.9. The zero-order valence-corrected chi connectivity index (χ0v) is 21.4. The molecule has 0 saturated carbocycles. The number of carbonyl (C=O) groups is 3. The number of alkyl halides is 1. The quantitative estimate of drug-likeness (QED) is 0.399. The molecule has 3 aromatic rings. The van der Waals surface area contributed by atoms with Gasteiger partial charge in [0.05, 0.1) is 24.5 Å². The van der Waals surface area contributed by atoms with Crippen molar-refractivity contribution in [2.75, 3.05) is 23.8 Å². The van der Waals surface area contributed by atoms with E-state index in [1.54, 1.807) is 12.1 Å². The molecule has 3 fully saturated rings. The Labute approximate surface area is 222 Å². The summed E-state index contributed by atoms with van der Waals surface area (Å²) < 4.78 is 6.44. The van der Waals surface area contributed by atoms with E-state index in [9.17, 15) is 19.5 Å². The molecule has 190 valence electrons. The first-order valence-electron chi connectivity index (χ1n) is 12.3. The minimum absolute atomic E-state index is 0.0269. The summed E-state index contributed by atoms with van der Waals surface area (Å²) in [5.41, 5.74) is 0.0463. The molecule has 6 atom stereocenters. The minimum atomic E-state index is -1.18. The molecule has 3 unspecified atom stereocenters. The molecular formula is C28H26BrN3O5. The van der Waals surface area contributed by atoms with Gasteiger partial charge < -0.3 is 25.4 Å². The summed E-state index contributed by atoms with van der Waals surface area (Å²) in [5, 5.41) is 17.6. The van der Waals surface area contributed by atoms with Crippen LogP contribution in [-0.4, -0.2) is 63.5 Å². The number of benzene rings is 3. The first kappa shape index (κ1) is 24.1. The summed E-state index contributed by atoms with van der Waals surface area (Å²) in [6.45, 7) is -0.336. The van der Waals surface area contributed by atoms with E-state index >= 15 is 0 Å². The third-order valence-electron chi connectivity index (χ3n) is 7.74. The van der Waals surface area contributed by atoms with E-state index in [2.05, 4.69) is 26.6 Å². The standard InChI is InChI=1S/C28H26BrN3O5/c29-20-15-28-22(21(23(20)37-28)25(34)30-18-8-2-1-3-9-18)27(36)32(12-13-33)24(28)26(35)31-19-11-10-16-6-4-5-7-17(16)14-19/h1-11,14,20-24,33H,12-13,15H2,(H,30,34)(H,31,35)/t20?,21-,22+,23-,24?,28?/m1/s1. The predicted octanol–water partition coefficient (Wildman–Crippen LogP) is 3.16. The number of β-amino-alcohol motifs (C(OH)–C–C–N with tert-alkyl or cyclic N) is 1. The molecule has 9 heteroatoms. The Hall–Kier alpha value is -3.27. The van der Waals surface area contributed by atoms with Gasteiger partial charge in [0, 0.05) is 22.7 Å². The molecule has 6 rings (SSSR count). The molecule has 0 aromatic heterocycles. The molecule has 3 aliphatic rings. The highest BCUT2D eigenvalue weighted by Crippen LogP contribution is 2.60. The highest BCUT2D eigenvalue weighted by molar-refractivity contribution is 9.09. The van der Waals surface area contributed by atoms with E-state index in [1.165, 1.54) is 4.90 Å². The van der Waals surface area contributed by atoms with Crippen LogP contribution in [0.3, 0.4) is 0 Å². The molecule has 3 aromatic carbocycles. The number of carbonyl (C=O) groups excluding carboxylic acids is 3. The van der Waals surface area contributed by atoms with Gasteiger partial charge in [0.25, 0.3) is 0 Å². The zero-order valence-electron chi connectivity index (χ0n) is 19.8. The van der Waals surface area contributed by atoms with Gasteiger partial charge in [-0.2, -0.15) is 0 Å². The summed E-state index contributed by atoms with van der Waals surface area (Å²) in [7, 11) is 0. The fourth-order valence-electron chi connectivity index (χ4n) is 6.30. The number of fused-ring (bicyclic) bond motifs is 2. The second-order valence-corrected chi connectivity index (χ2v) is 11.0. The molecule has 8 nitrogen and oxygen atoms in total. The van der Waals surface area contributed by atoms with Crippen LogP contribution in [0.5, 0.6) is 0 Å². The Bertz CT molecular complexity index is 1380. The number of halogens is 1. The van der Waals surface area contributed by atoms with Crippen molar-refractivity contribution in [2.24, 2.45) is 11.8 Å². The third-order valence-corrected chi connectivity index (χ3v) is 8.58. The van der Waals surface area contributed by atoms with Crippen LogP contribution >= 0.6 is 15.9 Å². The average molecular weight is 564 g/mol. The van der Waals surface area contributed by atoms with Gasteiger partial charge in [-0.1, -0.05) is 64.5 Å². The Kier molecular flexibility index (Phi) is 6.01. The summed E-state index contributed by atoms with van der Waals surface area (Å²) in [6.07, 6.45) is -0.147. The van der Waals surface area contributed by atoms with E-state index in [0.717, 1.165) is 10.8 Å². The molecule has 1 spiro atoms. The van der Waals surface area contributed by atoms with Gasteiger partial charge in [-0.15, -0.1) is 0 Å². The normalized spacial score (nSPS) is 29.9. The van der Waals surface area contributed by atoms with Gasteiger partial charge in [-0.3, -0.25) is 14.4 Å². The molecule has 0 aliphatic carbocycles. The second kappa shape index (κ2) is 9.24. The van der Waals surface area contributed by atoms with Crippen molar-refractivity contribution >= 4 is 55.8 Å². The Balaban J connectivity index is 1.33. The van der Waals surface area contributed by atoms with E-state index in [-0.39, 0.29) is 29.8 Å². The number of likely N-dealkylation sites (tertiary alicyclic amines) is 1. The number of rotatable bonds is 6. The van der Waals surface area contributed by atoms with Crippen LogP contribution in [0.1, 0.15) is 6.42 Å². The number of nitrogens with one attached hydrogen (secondary N) is 2. The number of ether oxygens (including phenoxy) is 1. The Morgan fingerprint density at radius 3 is 2.43 bits per heavy atom. The lowest BCUT2D eigenvalue weighted by molar-refractivity contribution is -0.140. The summed E-state index contributed by atoms with van der Waals surface area (Å²) in [5.74, 6) is -2.66. The molecule has 3 N–H and O–H groups in total. The zero-order chi connectivity index (χ0) is 25.7. The van der Waals surface area contributed by atoms with Crippen LogP contribution in [0.4, 0.5) is 11.4 Å². The molecule has 0 radical (unpaired) electrons. The second-order valence-electron chi connectivity index (χ2n) is 9.83. The van der Waals surface area contributed by atoms with Crippen molar-refractivity contribution in [2.45, 2.75) is 29.0 Å². The largest absolute Gasteiger partial charge is 0.395 e. The first-order chi connectivity index (χ1) is 17.9. The third kappa shape index (κ3) is 3.84. The molecule has 3 aliphatic heterocycles. The number of hydrogen-bond acceptors (Lipinski definition) is 5. The first-order valence-corrected chi connectivity index (χ1v) is 13.2. The van der Waals surface area contributed by atoms with Gasteiger partial charge >= 0.3 is 0 Å². The molecule has 37 heavy (non-hydrogen) atoms. The molecule has 3 amide bonds. The molecular weight excluding hydrogens is 538 g/mol. The van der Waals surface area contributed by atoms with Crippen LogP contribution < -0.4 is 10.6 Å².